The lowest BCUT2D eigenvalue weighted by atomic mass is 10.1. The molecular formula is C14H16N2. The van der Waals surface area contributed by atoms with Gasteiger partial charge >= 0.3 is 0 Å². The van der Waals surface area contributed by atoms with E-state index in [0.29, 0.717) is 6.04 Å². The van der Waals surface area contributed by atoms with Gasteiger partial charge in [-0.2, -0.15) is 0 Å². The lowest BCUT2D eigenvalue weighted by Crippen LogP contribution is -2.10. The summed E-state index contributed by atoms with van der Waals surface area (Å²) in [7, 11) is 0. The minimum atomic E-state index is 0.401. The summed E-state index contributed by atoms with van der Waals surface area (Å²) < 4.78 is 0. The molecule has 0 aliphatic rings. The number of rotatable bonds is 3. The largest absolute Gasteiger partial charge is 0.368 e. The molecule has 0 aliphatic carbocycles. The van der Waals surface area contributed by atoms with Gasteiger partial charge in [0.15, 0.2) is 0 Å². The monoisotopic (exact) mass is 212 g/mol. The van der Waals surface area contributed by atoms with Gasteiger partial charge in [-0.25, -0.2) is 4.98 Å². The van der Waals surface area contributed by atoms with Gasteiger partial charge in [-0.15, -0.1) is 0 Å². The zero-order chi connectivity index (χ0) is 11.4. The molecule has 0 saturated heterocycles. The van der Waals surface area contributed by atoms with Crippen LogP contribution < -0.4 is 5.32 Å². The van der Waals surface area contributed by atoms with Crippen LogP contribution in [-0.2, 0) is 0 Å². The molecular weight excluding hydrogens is 196 g/mol. The van der Waals surface area contributed by atoms with E-state index in [4.69, 9.17) is 0 Å². The molecule has 0 fully saturated rings. The maximum atomic E-state index is 4.57. The molecule has 1 heterocycles. The Morgan fingerprint density at radius 2 is 1.69 bits per heavy atom. The minimum absolute atomic E-state index is 0.401. The Balaban J connectivity index is 2.29. The van der Waals surface area contributed by atoms with Crippen molar-refractivity contribution in [2.45, 2.75) is 19.9 Å². The van der Waals surface area contributed by atoms with Crippen molar-refractivity contribution in [3.05, 3.63) is 48.5 Å². The first-order valence-electron chi connectivity index (χ1n) is 5.55. The van der Waals surface area contributed by atoms with Crippen LogP contribution in [0.1, 0.15) is 13.8 Å². The zero-order valence-corrected chi connectivity index (χ0v) is 9.64. The van der Waals surface area contributed by atoms with Crippen LogP contribution in [0.5, 0.6) is 0 Å². The summed E-state index contributed by atoms with van der Waals surface area (Å²) in [6.07, 6.45) is 0. The first kappa shape index (κ1) is 10.7. The molecule has 0 radical (unpaired) electrons. The zero-order valence-electron chi connectivity index (χ0n) is 9.64. The number of nitrogens with zero attached hydrogens (tertiary/aromatic N) is 1. The first-order valence-corrected chi connectivity index (χ1v) is 5.55. The van der Waals surface area contributed by atoms with Crippen molar-refractivity contribution < 1.29 is 0 Å². The second-order valence-electron chi connectivity index (χ2n) is 4.07. The molecule has 2 heteroatoms. The molecule has 0 spiro atoms. The molecule has 82 valence electrons. The fourth-order valence-electron chi connectivity index (χ4n) is 1.58. The van der Waals surface area contributed by atoms with Crippen molar-refractivity contribution in [2.75, 3.05) is 5.32 Å². The van der Waals surface area contributed by atoms with Crippen LogP contribution in [0.25, 0.3) is 11.3 Å². The summed E-state index contributed by atoms with van der Waals surface area (Å²) in [6.45, 7) is 4.22. The van der Waals surface area contributed by atoms with E-state index in [-0.39, 0.29) is 0 Å². The molecule has 2 rings (SSSR count). The van der Waals surface area contributed by atoms with Gasteiger partial charge in [-0.05, 0) is 26.0 Å². The van der Waals surface area contributed by atoms with Crippen LogP contribution in [0.4, 0.5) is 5.82 Å². The number of aromatic nitrogens is 1. The van der Waals surface area contributed by atoms with Crippen molar-refractivity contribution in [3.8, 4) is 11.3 Å². The highest BCUT2D eigenvalue weighted by Gasteiger charge is 2.00. The van der Waals surface area contributed by atoms with Crippen molar-refractivity contribution in [1.82, 2.24) is 4.98 Å². The van der Waals surface area contributed by atoms with Crippen LogP contribution >= 0.6 is 0 Å². The third-order valence-corrected chi connectivity index (χ3v) is 2.26. The lowest BCUT2D eigenvalue weighted by molar-refractivity contribution is 0.890. The van der Waals surface area contributed by atoms with E-state index in [9.17, 15) is 0 Å². The Bertz CT molecular complexity index is 449. The van der Waals surface area contributed by atoms with Crippen molar-refractivity contribution >= 4 is 5.82 Å². The average Bonchev–Trinajstić information content (AvgIpc) is 2.30. The second kappa shape index (κ2) is 4.79. The minimum Gasteiger partial charge on any atom is -0.368 e. The summed E-state index contributed by atoms with van der Waals surface area (Å²) in [6, 6.07) is 16.7. The molecule has 0 atom stereocenters. The number of benzene rings is 1. The van der Waals surface area contributed by atoms with E-state index >= 15 is 0 Å². The molecule has 0 amide bonds. The number of hydrogen-bond donors (Lipinski definition) is 1. The molecule has 16 heavy (non-hydrogen) atoms. The van der Waals surface area contributed by atoms with Crippen molar-refractivity contribution in [3.63, 3.8) is 0 Å². The Morgan fingerprint density at radius 3 is 2.38 bits per heavy atom. The van der Waals surface area contributed by atoms with Gasteiger partial charge in [0.2, 0.25) is 0 Å². The quantitative estimate of drug-likeness (QED) is 0.841. The Labute approximate surface area is 96.4 Å². The summed E-state index contributed by atoms with van der Waals surface area (Å²) in [5.41, 5.74) is 2.15. The number of anilines is 1. The third kappa shape index (κ3) is 2.60. The van der Waals surface area contributed by atoms with Gasteiger partial charge in [0.1, 0.15) is 5.82 Å². The second-order valence-corrected chi connectivity index (χ2v) is 4.07. The molecule has 1 aromatic carbocycles. The average molecular weight is 212 g/mol. The Morgan fingerprint density at radius 1 is 0.938 bits per heavy atom. The number of nitrogens with one attached hydrogen (secondary N) is 1. The first-order chi connectivity index (χ1) is 7.75. The standard InChI is InChI=1S/C14H16N2/c1-11(2)15-14-10-6-9-13(16-14)12-7-4-3-5-8-12/h3-11H,1-2H3,(H,15,16). The van der Waals surface area contributed by atoms with Crippen LogP contribution in [-0.4, -0.2) is 11.0 Å². The van der Waals surface area contributed by atoms with Gasteiger partial charge in [-0.3, -0.25) is 0 Å². The van der Waals surface area contributed by atoms with Crippen LogP contribution in [0, 0.1) is 0 Å². The van der Waals surface area contributed by atoms with Crippen LogP contribution in [0.2, 0.25) is 0 Å². The Hall–Kier alpha value is -1.83. The summed E-state index contributed by atoms with van der Waals surface area (Å²) in [5, 5.41) is 3.30. The van der Waals surface area contributed by atoms with Gasteiger partial charge in [0.25, 0.3) is 0 Å². The topological polar surface area (TPSA) is 24.9 Å². The number of hydrogen-bond acceptors (Lipinski definition) is 2. The predicted octanol–water partition coefficient (Wildman–Crippen LogP) is 3.57. The highest BCUT2D eigenvalue weighted by molar-refractivity contribution is 5.61. The van der Waals surface area contributed by atoms with Gasteiger partial charge in [0.05, 0.1) is 5.69 Å². The van der Waals surface area contributed by atoms with E-state index in [0.717, 1.165) is 17.1 Å². The molecule has 0 unspecified atom stereocenters. The molecule has 0 saturated carbocycles. The fourth-order valence-corrected chi connectivity index (χ4v) is 1.58. The van der Waals surface area contributed by atoms with Gasteiger partial charge < -0.3 is 5.32 Å². The fraction of sp³-hybridized carbons (Fsp3) is 0.214. The van der Waals surface area contributed by atoms with Crippen LogP contribution in [0.15, 0.2) is 48.5 Å². The molecule has 2 nitrogen and oxygen atoms in total. The molecule has 1 aromatic heterocycles. The lowest BCUT2D eigenvalue weighted by Gasteiger charge is -2.10. The molecule has 1 N–H and O–H groups in total. The summed E-state index contributed by atoms with van der Waals surface area (Å²) in [4.78, 5) is 4.57. The highest BCUT2D eigenvalue weighted by atomic mass is 15.0. The van der Waals surface area contributed by atoms with Gasteiger partial charge in [-0.1, -0.05) is 36.4 Å². The molecule has 2 aromatic rings. The third-order valence-electron chi connectivity index (χ3n) is 2.26. The van der Waals surface area contributed by atoms with Crippen molar-refractivity contribution in [1.29, 1.82) is 0 Å². The van der Waals surface area contributed by atoms with Crippen molar-refractivity contribution in [2.24, 2.45) is 0 Å². The van der Waals surface area contributed by atoms with E-state index in [2.05, 4.69) is 36.3 Å². The smallest absolute Gasteiger partial charge is 0.126 e. The maximum absolute atomic E-state index is 4.57. The number of pyridine rings is 1. The molecule has 0 bridgehead atoms. The van der Waals surface area contributed by atoms with E-state index < -0.39 is 0 Å². The van der Waals surface area contributed by atoms with E-state index in [1.54, 1.807) is 0 Å². The normalized spacial score (nSPS) is 10.4. The summed E-state index contributed by atoms with van der Waals surface area (Å²) in [5.74, 6) is 0.927. The van der Waals surface area contributed by atoms with Gasteiger partial charge in [0, 0.05) is 11.6 Å². The summed E-state index contributed by atoms with van der Waals surface area (Å²) >= 11 is 0. The predicted molar refractivity (Wildman–Crippen MR) is 68.4 cm³/mol. The molecule has 0 aliphatic heterocycles. The van der Waals surface area contributed by atoms with Crippen LogP contribution in [0.3, 0.4) is 0 Å². The SMILES string of the molecule is CC(C)Nc1cccc(-c2ccccc2)n1. The van der Waals surface area contributed by atoms with E-state index in [1.165, 1.54) is 0 Å². The highest BCUT2D eigenvalue weighted by Crippen LogP contribution is 2.18. The Kier molecular flexibility index (Phi) is 3.20. The maximum Gasteiger partial charge on any atom is 0.126 e. The van der Waals surface area contributed by atoms with E-state index in [1.807, 2.05) is 36.4 Å².